The van der Waals surface area contributed by atoms with E-state index in [1.54, 1.807) is 6.20 Å². The molecule has 1 aromatic rings. The molecular weight excluding hydrogens is 304 g/mol. The van der Waals surface area contributed by atoms with Crippen molar-refractivity contribution in [1.29, 1.82) is 0 Å². The Morgan fingerprint density at radius 2 is 2.04 bits per heavy atom. The first-order valence-corrected chi connectivity index (χ1v) is 9.15. The lowest BCUT2D eigenvalue weighted by Gasteiger charge is -2.26. The molecule has 3 fully saturated rings. The van der Waals surface area contributed by atoms with Crippen molar-refractivity contribution in [2.75, 3.05) is 26.2 Å². The van der Waals surface area contributed by atoms with E-state index in [4.69, 9.17) is 0 Å². The molecule has 2 saturated heterocycles. The molecule has 1 unspecified atom stereocenters. The van der Waals surface area contributed by atoms with Crippen LogP contribution in [0.3, 0.4) is 0 Å². The molecule has 0 aromatic carbocycles. The maximum atomic E-state index is 13.1. The molecule has 4 rings (SSSR count). The van der Waals surface area contributed by atoms with Gasteiger partial charge in [0.05, 0.1) is 17.4 Å². The van der Waals surface area contributed by atoms with E-state index in [0.29, 0.717) is 13.1 Å². The van der Waals surface area contributed by atoms with E-state index in [9.17, 15) is 9.59 Å². The molecule has 2 aliphatic heterocycles. The minimum atomic E-state index is -0.299. The highest BCUT2D eigenvalue weighted by Crippen LogP contribution is 2.50. The molecule has 6 nitrogen and oxygen atoms in total. The van der Waals surface area contributed by atoms with E-state index in [-0.39, 0.29) is 22.6 Å². The van der Waals surface area contributed by atoms with Gasteiger partial charge >= 0.3 is 0 Å². The maximum Gasteiger partial charge on any atom is 0.230 e. The first kappa shape index (κ1) is 15.7. The van der Waals surface area contributed by atoms with Gasteiger partial charge in [0.1, 0.15) is 0 Å². The Bertz CT molecular complexity index is 637. The normalized spacial score (nSPS) is 28.1. The molecular formula is C18H26N4O2. The van der Waals surface area contributed by atoms with Crippen molar-refractivity contribution in [3.05, 3.63) is 18.5 Å². The van der Waals surface area contributed by atoms with Gasteiger partial charge in [-0.2, -0.15) is 5.10 Å². The zero-order valence-corrected chi connectivity index (χ0v) is 14.4. The molecule has 0 bridgehead atoms. The smallest absolute Gasteiger partial charge is 0.230 e. The van der Waals surface area contributed by atoms with Gasteiger partial charge in [-0.3, -0.25) is 14.3 Å². The van der Waals surface area contributed by atoms with Gasteiger partial charge in [0, 0.05) is 38.6 Å². The largest absolute Gasteiger partial charge is 0.342 e. The highest BCUT2D eigenvalue weighted by molar-refractivity contribution is 5.89. The minimum absolute atomic E-state index is 0.233. The third kappa shape index (κ3) is 2.43. The number of hydrogen-bond acceptors (Lipinski definition) is 3. The highest BCUT2D eigenvalue weighted by Gasteiger charge is 2.57. The second kappa shape index (κ2) is 5.60. The summed E-state index contributed by atoms with van der Waals surface area (Å²) < 4.78 is 1.86. The highest BCUT2D eigenvalue weighted by atomic mass is 16.2. The van der Waals surface area contributed by atoms with E-state index in [0.717, 1.165) is 51.7 Å². The summed E-state index contributed by atoms with van der Waals surface area (Å²) in [6, 6.07) is 1.89. The van der Waals surface area contributed by atoms with Crippen molar-refractivity contribution in [2.24, 2.45) is 10.8 Å². The van der Waals surface area contributed by atoms with Crippen LogP contribution < -0.4 is 0 Å². The van der Waals surface area contributed by atoms with Gasteiger partial charge in [0.15, 0.2) is 0 Å². The van der Waals surface area contributed by atoms with Crippen LogP contribution in [0.2, 0.25) is 0 Å². The summed E-state index contributed by atoms with van der Waals surface area (Å²) in [5.41, 5.74) is -0.574. The summed E-state index contributed by atoms with van der Waals surface area (Å²) in [6.07, 6.45) is 8.28. The fourth-order valence-electron chi connectivity index (χ4n) is 4.43. The van der Waals surface area contributed by atoms with Gasteiger partial charge in [-0.05, 0) is 38.2 Å². The molecule has 1 aromatic heterocycles. The summed E-state index contributed by atoms with van der Waals surface area (Å²) >= 11 is 0. The molecule has 0 radical (unpaired) electrons. The molecule has 1 spiro atoms. The Kier molecular flexibility index (Phi) is 3.66. The fraction of sp³-hybridized carbons (Fsp3) is 0.722. The molecule has 0 N–H and O–H groups in total. The number of amides is 2. The van der Waals surface area contributed by atoms with E-state index in [1.807, 2.05) is 26.7 Å². The number of aromatic nitrogens is 2. The van der Waals surface area contributed by atoms with Gasteiger partial charge in [-0.1, -0.05) is 6.92 Å². The van der Waals surface area contributed by atoms with Crippen molar-refractivity contribution >= 4 is 11.8 Å². The van der Waals surface area contributed by atoms with Crippen LogP contribution in [0, 0.1) is 10.8 Å². The number of nitrogens with zero attached hydrogens (tertiary/aromatic N) is 4. The number of hydrogen-bond donors (Lipinski definition) is 0. The first-order valence-electron chi connectivity index (χ1n) is 9.15. The number of likely N-dealkylation sites (tertiary alicyclic amines) is 2. The Labute approximate surface area is 142 Å². The molecule has 24 heavy (non-hydrogen) atoms. The predicted molar refractivity (Wildman–Crippen MR) is 89.0 cm³/mol. The third-order valence-electron chi connectivity index (χ3n) is 6.07. The zero-order valence-electron chi connectivity index (χ0n) is 14.4. The maximum absolute atomic E-state index is 13.1. The quantitative estimate of drug-likeness (QED) is 0.822. The van der Waals surface area contributed by atoms with Crippen molar-refractivity contribution in [1.82, 2.24) is 19.6 Å². The van der Waals surface area contributed by atoms with Crippen molar-refractivity contribution in [3.63, 3.8) is 0 Å². The van der Waals surface area contributed by atoms with E-state index in [1.165, 1.54) is 0 Å². The van der Waals surface area contributed by atoms with Crippen LogP contribution >= 0.6 is 0 Å². The Hall–Kier alpha value is -1.85. The second-order valence-electron chi connectivity index (χ2n) is 7.78. The molecule has 1 atom stereocenters. The van der Waals surface area contributed by atoms with Gasteiger partial charge in [0.25, 0.3) is 0 Å². The zero-order chi connectivity index (χ0) is 16.8. The summed E-state index contributed by atoms with van der Waals surface area (Å²) in [5, 5.41) is 4.25. The lowest BCUT2D eigenvalue weighted by molar-refractivity contribution is -0.139. The van der Waals surface area contributed by atoms with E-state index >= 15 is 0 Å². The lowest BCUT2D eigenvalue weighted by Crippen LogP contribution is -2.41. The fourth-order valence-corrected chi connectivity index (χ4v) is 4.43. The predicted octanol–water partition coefficient (Wildman–Crippen LogP) is 1.52. The van der Waals surface area contributed by atoms with E-state index < -0.39 is 0 Å². The number of carbonyl (C=O) groups excluding carboxylic acids is 2. The molecule has 3 aliphatic rings. The monoisotopic (exact) mass is 330 g/mol. The molecule has 6 heteroatoms. The summed E-state index contributed by atoms with van der Waals surface area (Å²) in [7, 11) is 0. The van der Waals surface area contributed by atoms with Crippen LogP contribution in [0.5, 0.6) is 0 Å². The minimum Gasteiger partial charge on any atom is -0.342 e. The standard InChI is InChI=1S/C18H26N4O2/c1-2-9-20-11-6-18(15(20)23)7-12-21(13-18)16(24)17(4-5-17)14-22-10-3-8-19-22/h3,8,10H,2,4-7,9,11-14H2,1H3. The Morgan fingerprint density at radius 1 is 1.25 bits per heavy atom. The molecule has 1 saturated carbocycles. The second-order valence-corrected chi connectivity index (χ2v) is 7.78. The van der Waals surface area contributed by atoms with Gasteiger partial charge in [-0.15, -0.1) is 0 Å². The van der Waals surface area contributed by atoms with Crippen LogP contribution in [0.15, 0.2) is 18.5 Å². The molecule has 130 valence electrons. The number of carbonyl (C=O) groups is 2. The SMILES string of the molecule is CCCN1CCC2(CCN(C(=O)C3(Cn4cccn4)CC3)C2)C1=O. The third-order valence-corrected chi connectivity index (χ3v) is 6.07. The van der Waals surface area contributed by atoms with Crippen LogP contribution in [0.4, 0.5) is 0 Å². The van der Waals surface area contributed by atoms with Crippen molar-refractivity contribution < 1.29 is 9.59 Å². The molecule has 3 heterocycles. The Morgan fingerprint density at radius 3 is 2.71 bits per heavy atom. The Balaban J connectivity index is 1.44. The van der Waals surface area contributed by atoms with Gasteiger partial charge in [-0.25, -0.2) is 0 Å². The summed E-state index contributed by atoms with van der Waals surface area (Å²) in [4.78, 5) is 29.8. The van der Waals surface area contributed by atoms with Crippen LogP contribution in [-0.2, 0) is 16.1 Å². The van der Waals surface area contributed by atoms with Crippen molar-refractivity contribution in [2.45, 2.75) is 45.6 Å². The van der Waals surface area contributed by atoms with E-state index in [2.05, 4.69) is 12.0 Å². The molecule has 2 amide bonds. The number of rotatable bonds is 5. The average Bonchev–Trinajstić information content (AvgIpc) is 2.93. The summed E-state index contributed by atoms with van der Waals surface area (Å²) in [6.45, 7) is 5.81. The van der Waals surface area contributed by atoms with Crippen molar-refractivity contribution in [3.8, 4) is 0 Å². The lowest BCUT2D eigenvalue weighted by atomic mass is 9.85. The molecule has 1 aliphatic carbocycles. The average molecular weight is 330 g/mol. The first-order chi connectivity index (χ1) is 11.6. The topological polar surface area (TPSA) is 58.4 Å². The van der Waals surface area contributed by atoms with Gasteiger partial charge < -0.3 is 9.80 Å². The van der Waals surface area contributed by atoms with Crippen LogP contribution in [-0.4, -0.2) is 57.6 Å². The van der Waals surface area contributed by atoms with Crippen LogP contribution in [0.25, 0.3) is 0 Å². The van der Waals surface area contributed by atoms with Crippen LogP contribution in [0.1, 0.15) is 39.0 Å². The summed E-state index contributed by atoms with van der Waals surface area (Å²) in [5.74, 6) is 0.508. The van der Waals surface area contributed by atoms with Gasteiger partial charge in [0.2, 0.25) is 11.8 Å².